The van der Waals surface area contributed by atoms with Crippen molar-refractivity contribution >= 4 is 29.1 Å². The second kappa shape index (κ2) is 8.05. The van der Waals surface area contributed by atoms with Crippen molar-refractivity contribution < 1.29 is 24.5 Å². The van der Waals surface area contributed by atoms with Crippen LogP contribution in [0.1, 0.15) is 5.69 Å². The smallest absolute Gasteiger partial charge is 0.325 e. The number of aromatic nitrogens is 2. The molecule has 0 radical (unpaired) electrons. The molecule has 2 unspecified atom stereocenters. The Labute approximate surface area is 158 Å². The Balaban J connectivity index is 1.95. The lowest BCUT2D eigenvalue weighted by molar-refractivity contribution is -0.0295. The van der Waals surface area contributed by atoms with Gasteiger partial charge in [0.1, 0.15) is 37.2 Å². The van der Waals surface area contributed by atoms with Gasteiger partial charge in [0, 0.05) is 11.1 Å². The molecule has 0 saturated heterocycles. The lowest BCUT2D eigenvalue weighted by atomic mass is 10.2. The summed E-state index contributed by atoms with van der Waals surface area (Å²) in [5, 5.41) is 34.5. The Hall–Kier alpha value is -3.13. The van der Waals surface area contributed by atoms with E-state index in [1.165, 1.54) is 18.3 Å². The lowest BCUT2D eigenvalue weighted by Gasteiger charge is -2.21. The summed E-state index contributed by atoms with van der Waals surface area (Å²) in [6, 6.07) is 5.66. The zero-order chi connectivity index (χ0) is 19.4. The highest BCUT2D eigenvalue weighted by molar-refractivity contribution is 6.30. The molecule has 2 bridgehead atoms. The van der Waals surface area contributed by atoms with Crippen molar-refractivity contribution in [2.24, 2.45) is 0 Å². The van der Waals surface area contributed by atoms with Gasteiger partial charge in [0.25, 0.3) is 5.88 Å². The largest absolute Gasteiger partial charge is 0.489 e. The predicted octanol–water partition coefficient (Wildman–Crippen LogP) is 1.14. The molecule has 3 rings (SSSR count). The molecule has 1 aliphatic heterocycles. The summed E-state index contributed by atoms with van der Waals surface area (Å²) in [6.07, 6.45) is -1.45. The van der Waals surface area contributed by atoms with Crippen molar-refractivity contribution in [3.63, 3.8) is 0 Å². The van der Waals surface area contributed by atoms with Gasteiger partial charge >= 0.3 is 6.03 Å². The Kier molecular flexibility index (Phi) is 5.56. The molecule has 10 nitrogen and oxygen atoms in total. The minimum absolute atomic E-state index is 0.0185. The monoisotopic (exact) mass is 391 g/mol. The number of halogens is 1. The van der Waals surface area contributed by atoms with Crippen molar-refractivity contribution in [2.45, 2.75) is 12.2 Å². The van der Waals surface area contributed by atoms with E-state index in [0.717, 1.165) is 0 Å². The van der Waals surface area contributed by atoms with E-state index in [9.17, 15) is 15.0 Å². The Morgan fingerprint density at radius 2 is 1.96 bits per heavy atom. The highest BCUT2D eigenvalue weighted by Crippen LogP contribution is 2.29. The zero-order valence-corrected chi connectivity index (χ0v) is 14.5. The van der Waals surface area contributed by atoms with Crippen molar-refractivity contribution in [3.8, 4) is 17.7 Å². The normalized spacial score (nSPS) is 19.9. The maximum Gasteiger partial charge on any atom is 0.325 e. The maximum absolute atomic E-state index is 12.2. The van der Waals surface area contributed by atoms with Crippen LogP contribution in [0.5, 0.6) is 11.6 Å². The number of rotatable bonds is 0. The lowest BCUT2D eigenvalue weighted by Crippen LogP contribution is -2.36. The number of nitriles is 1. The molecule has 1 aliphatic rings. The number of nitrogens with one attached hydrogen (secondary N) is 2. The van der Waals surface area contributed by atoms with Gasteiger partial charge in [-0.1, -0.05) is 11.6 Å². The number of nitrogens with zero attached hydrogens (tertiary/aromatic N) is 3. The standard InChI is InChI=1S/C16H14ClN5O5/c17-8-1-2-9-13(3-8)26-6-11(23)12(24)7-27-15-10(4-18)19-5-14(21-15)22-16(25)20-9/h1-3,5,11-12,23-24H,6-7H2,(H2,20,21,22,25). The number of carbonyl (C=O) groups excluding carboxylic acids is 1. The van der Waals surface area contributed by atoms with Crippen molar-refractivity contribution in [1.82, 2.24) is 9.97 Å². The number of urea groups is 1. The number of anilines is 2. The number of fused-ring (bicyclic) bond motifs is 3. The Morgan fingerprint density at radius 1 is 1.22 bits per heavy atom. The number of ether oxygens (including phenoxy) is 2. The summed E-state index contributed by atoms with van der Waals surface area (Å²) in [6.45, 7) is -0.663. The number of aliphatic hydroxyl groups is 2. The van der Waals surface area contributed by atoms with Crippen LogP contribution in [0, 0.1) is 11.3 Å². The molecule has 11 heteroatoms. The number of aliphatic hydroxyl groups excluding tert-OH is 2. The van der Waals surface area contributed by atoms with Gasteiger partial charge in [-0.15, -0.1) is 0 Å². The van der Waals surface area contributed by atoms with E-state index >= 15 is 0 Å². The van der Waals surface area contributed by atoms with Crippen molar-refractivity contribution in [2.75, 3.05) is 23.8 Å². The molecule has 0 aliphatic carbocycles. The average molecular weight is 392 g/mol. The third kappa shape index (κ3) is 4.53. The first-order chi connectivity index (χ1) is 13.0. The van der Waals surface area contributed by atoms with Crippen LogP contribution in [0.15, 0.2) is 24.4 Å². The summed E-state index contributed by atoms with van der Waals surface area (Å²) < 4.78 is 10.7. The van der Waals surface area contributed by atoms with Gasteiger partial charge in [-0.3, -0.25) is 5.32 Å². The molecular weight excluding hydrogens is 378 g/mol. The molecule has 2 aromatic rings. The molecule has 1 aromatic heterocycles. The number of hydrogen-bond acceptors (Lipinski definition) is 8. The number of amides is 2. The fourth-order valence-electron chi connectivity index (χ4n) is 2.16. The van der Waals surface area contributed by atoms with E-state index in [0.29, 0.717) is 5.02 Å². The average Bonchev–Trinajstić information content (AvgIpc) is 2.65. The molecule has 27 heavy (non-hydrogen) atoms. The van der Waals surface area contributed by atoms with E-state index in [1.807, 2.05) is 0 Å². The number of carbonyl (C=O) groups is 1. The Bertz CT molecular complexity index is 903. The summed E-state index contributed by atoms with van der Waals surface area (Å²) in [7, 11) is 0. The summed E-state index contributed by atoms with van der Waals surface area (Å²) >= 11 is 5.94. The summed E-state index contributed by atoms with van der Waals surface area (Å²) in [5.74, 6) is 0.0326. The molecule has 2 heterocycles. The molecular formula is C16H14ClN5O5. The van der Waals surface area contributed by atoms with E-state index in [4.69, 9.17) is 26.3 Å². The topological polar surface area (TPSA) is 150 Å². The van der Waals surface area contributed by atoms with Crippen LogP contribution in [-0.4, -0.2) is 51.6 Å². The fourth-order valence-corrected chi connectivity index (χ4v) is 2.32. The van der Waals surface area contributed by atoms with Crippen LogP contribution in [-0.2, 0) is 0 Å². The molecule has 140 valence electrons. The van der Waals surface area contributed by atoms with Crippen molar-refractivity contribution in [3.05, 3.63) is 35.1 Å². The van der Waals surface area contributed by atoms with Crippen LogP contribution in [0.25, 0.3) is 0 Å². The Morgan fingerprint density at radius 3 is 2.70 bits per heavy atom. The van der Waals surface area contributed by atoms with Gasteiger partial charge in [-0.25, -0.2) is 9.78 Å². The zero-order valence-electron chi connectivity index (χ0n) is 13.7. The summed E-state index contributed by atoms with van der Waals surface area (Å²) in [4.78, 5) is 20.0. The minimum Gasteiger partial charge on any atom is -0.489 e. The molecule has 1 aromatic carbocycles. The number of benzene rings is 1. The third-order valence-electron chi connectivity index (χ3n) is 3.52. The van der Waals surface area contributed by atoms with Crippen LogP contribution >= 0.6 is 11.6 Å². The molecule has 4 N–H and O–H groups in total. The molecule has 0 saturated carbocycles. The first-order valence-electron chi connectivity index (χ1n) is 7.72. The molecule has 0 fully saturated rings. The van der Waals surface area contributed by atoms with Crippen LogP contribution in [0.3, 0.4) is 0 Å². The van der Waals surface area contributed by atoms with Crippen LogP contribution in [0.4, 0.5) is 16.3 Å². The quantitative estimate of drug-likeness (QED) is 0.522. The van der Waals surface area contributed by atoms with Gasteiger partial charge in [-0.2, -0.15) is 10.2 Å². The predicted molar refractivity (Wildman–Crippen MR) is 93.8 cm³/mol. The fraction of sp³-hybridized carbons (Fsp3) is 0.250. The minimum atomic E-state index is -1.32. The van der Waals surface area contributed by atoms with Gasteiger partial charge < -0.3 is 25.0 Å². The highest BCUT2D eigenvalue weighted by atomic mass is 35.5. The van der Waals surface area contributed by atoms with E-state index in [1.54, 1.807) is 12.1 Å². The van der Waals surface area contributed by atoms with Gasteiger partial charge in [0.15, 0.2) is 5.82 Å². The number of hydrogen-bond donors (Lipinski definition) is 4. The highest BCUT2D eigenvalue weighted by Gasteiger charge is 2.21. The van der Waals surface area contributed by atoms with Gasteiger partial charge in [-0.05, 0) is 12.1 Å². The second-order valence-electron chi connectivity index (χ2n) is 5.50. The molecule has 2 atom stereocenters. The first kappa shape index (κ1) is 18.7. The maximum atomic E-state index is 12.2. The van der Waals surface area contributed by atoms with Crippen LogP contribution < -0.4 is 20.1 Å². The third-order valence-corrected chi connectivity index (χ3v) is 3.76. The van der Waals surface area contributed by atoms with E-state index < -0.39 is 18.2 Å². The molecule has 0 spiro atoms. The van der Waals surface area contributed by atoms with E-state index in [-0.39, 0.29) is 42.0 Å². The van der Waals surface area contributed by atoms with Crippen LogP contribution in [0.2, 0.25) is 5.02 Å². The molecule has 2 amide bonds. The first-order valence-corrected chi connectivity index (χ1v) is 8.10. The van der Waals surface area contributed by atoms with Gasteiger partial charge in [0.2, 0.25) is 5.69 Å². The summed E-state index contributed by atoms with van der Waals surface area (Å²) in [5.41, 5.74) is 0.153. The SMILES string of the molecule is N#Cc1ncc2nc1OCC(O)C(O)COc1cc(Cl)ccc1NC(=O)N2. The van der Waals surface area contributed by atoms with Gasteiger partial charge in [0.05, 0.1) is 11.9 Å². The van der Waals surface area contributed by atoms with E-state index in [2.05, 4.69) is 20.6 Å². The van der Waals surface area contributed by atoms with Crippen molar-refractivity contribution in [1.29, 1.82) is 5.26 Å². The second-order valence-corrected chi connectivity index (χ2v) is 5.93.